The van der Waals surface area contributed by atoms with E-state index in [-0.39, 0.29) is 23.8 Å². The maximum Gasteiger partial charge on any atom is 0.274 e. The molecule has 1 fully saturated rings. The number of carbonyl (C=O) groups excluding carboxylic acids is 2. The first-order valence-electron chi connectivity index (χ1n) is 7.46. The van der Waals surface area contributed by atoms with Crippen LogP contribution in [0, 0.1) is 0 Å². The molecule has 0 aromatic carbocycles. The molecule has 1 N–H and O–H groups in total. The number of nitrogens with zero attached hydrogens (tertiary/aromatic N) is 3. The van der Waals surface area contributed by atoms with Gasteiger partial charge in [0.2, 0.25) is 5.91 Å². The topological polar surface area (TPSA) is 78.5 Å². The van der Waals surface area contributed by atoms with Gasteiger partial charge in [-0.2, -0.15) is 5.10 Å². The fourth-order valence-electron chi connectivity index (χ4n) is 2.20. The van der Waals surface area contributed by atoms with Gasteiger partial charge in [-0.05, 0) is 6.07 Å². The van der Waals surface area contributed by atoms with E-state index in [1.165, 1.54) is 4.90 Å². The second-order valence-corrected chi connectivity index (χ2v) is 6.57. The Bertz CT molecular complexity index is 541. The number of nitrogens with one attached hydrogen (secondary N) is 1. The minimum Gasteiger partial charge on any atom is -0.378 e. The van der Waals surface area contributed by atoms with Crippen LogP contribution in [0.25, 0.3) is 0 Å². The molecular weight excluding hydrogens is 284 g/mol. The highest BCUT2D eigenvalue weighted by Crippen LogP contribution is 2.20. The van der Waals surface area contributed by atoms with Crippen molar-refractivity contribution in [2.75, 3.05) is 39.9 Å². The van der Waals surface area contributed by atoms with Crippen LogP contribution in [0.5, 0.6) is 0 Å². The number of morpholine rings is 1. The van der Waals surface area contributed by atoms with E-state index in [0.29, 0.717) is 32.0 Å². The third kappa shape index (κ3) is 3.85. The highest BCUT2D eigenvalue weighted by molar-refractivity contribution is 5.94. The summed E-state index contributed by atoms with van der Waals surface area (Å²) in [5, 5.41) is 6.95. The standard InChI is InChI=1S/C15H24N4O3/c1-15(2,3)12-9-11(16-17-12)14(21)18(4)10-13(20)19-5-7-22-8-6-19/h9H,5-8,10H2,1-4H3,(H,16,17). The number of rotatable bonds is 3. The molecular formula is C15H24N4O3. The molecule has 0 spiro atoms. The molecule has 7 heteroatoms. The Labute approximate surface area is 130 Å². The van der Waals surface area contributed by atoms with E-state index in [9.17, 15) is 9.59 Å². The molecule has 2 heterocycles. The van der Waals surface area contributed by atoms with Crippen molar-refractivity contribution in [2.45, 2.75) is 26.2 Å². The van der Waals surface area contributed by atoms with Crippen LogP contribution < -0.4 is 0 Å². The van der Waals surface area contributed by atoms with Gasteiger partial charge in [0.1, 0.15) is 5.69 Å². The van der Waals surface area contributed by atoms with Gasteiger partial charge in [0.05, 0.1) is 19.8 Å². The zero-order chi connectivity index (χ0) is 16.3. The summed E-state index contributed by atoms with van der Waals surface area (Å²) >= 11 is 0. The highest BCUT2D eigenvalue weighted by Gasteiger charge is 2.24. The van der Waals surface area contributed by atoms with E-state index in [1.54, 1.807) is 18.0 Å². The molecule has 7 nitrogen and oxygen atoms in total. The van der Waals surface area contributed by atoms with Crippen molar-refractivity contribution in [1.29, 1.82) is 0 Å². The lowest BCUT2D eigenvalue weighted by Crippen LogP contribution is -2.46. The lowest BCUT2D eigenvalue weighted by atomic mass is 9.92. The van der Waals surface area contributed by atoms with Crippen LogP contribution in [-0.4, -0.2) is 71.7 Å². The summed E-state index contributed by atoms with van der Waals surface area (Å²) in [5.41, 5.74) is 1.12. The van der Waals surface area contributed by atoms with Gasteiger partial charge in [-0.15, -0.1) is 0 Å². The van der Waals surface area contributed by atoms with Crippen LogP contribution >= 0.6 is 0 Å². The average Bonchev–Trinajstić information content (AvgIpc) is 2.97. The van der Waals surface area contributed by atoms with E-state index < -0.39 is 0 Å². The monoisotopic (exact) mass is 308 g/mol. The van der Waals surface area contributed by atoms with E-state index >= 15 is 0 Å². The third-order valence-corrected chi connectivity index (χ3v) is 3.69. The van der Waals surface area contributed by atoms with Gasteiger partial charge in [0, 0.05) is 31.2 Å². The van der Waals surface area contributed by atoms with Crippen LogP contribution in [-0.2, 0) is 14.9 Å². The molecule has 0 atom stereocenters. The van der Waals surface area contributed by atoms with Crippen molar-refractivity contribution in [2.24, 2.45) is 0 Å². The number of H-pyrrole nitrogens is 1. The summed E-state index contributed by atoms with van der Waals surface area (Å²) in [6.07, 6.45) is 0. The molecule has 1 aliphatic heterocycles. The van der Waals surface area contributed by atoms with Gasteiger partial charge in [-0.25, -0.2) is 0 Å². The number of carbonyl (C=O) groups is 2. The number of amides is 2. The summed E-state index contributed by atoms with van der Waals surface area (Å²) < 4.78 is 5.22. The highest BCUT2D eigenvalue weighted by atomic mass is 16.5. The molecule has 0 bridgehead atoms. The van der Waals surface area contributed by atoms with Crippen LogP contribution in [0.1, 0.15) is 37.0 Å². The zero-order valence-corrected chi connectivity index (χ0v) is 13.7. The van der Waals surface area contributed by atoms with Crippen molar-refractivity contribution in [3.63, 3.8) is 0 Å². The average molecular weight is 308 g/mol. The molecule has 122 valence electrons. The summed E-state index contributed by atoms with van der Waals surface area (Å²) in [5.74, 6) is -0.320. The number of aromatic nitrogens is 2. The Morgan fingerprint density at radius 2 is 2.00 bits per heavy atom. The van der Waals surface area contributed by atoms with E-state index in [4.69, 9.17) is 4.74 Å². The zero-order valence-electron chi connectivity index (χ0n) is 13.7. The lowest BCUT2D eigenvalue weighted by molar-refractivity contribution is -0.135. The molecule has 1 aromatic rings. The Morgan fingerprint density at radius 3 is 2.55 bits per heavy atom. The third-order valence-electron chi connectivity index (χ3n) is 3.69. The first-order valence-corrected chi connectivity index (χ1v) is 7.46. The summed E-state index contributed by atoms with van der Waals surface area (Å²) in [4.78, 5) is 27.6. The van der Waals surface area contributed by atoms with Crippen molar-refractivity contribution in [3.8, 4) is 0 Å². The molecule has 22 heavy (non-hydrogen) atoms. The molecule has 0 radical (unpaired) electrons. The largest absolute Gasteiger partial charge is 0.378 e. The quantitative estimate of drug-likeness (QED) is 0.889. The summed E-state index contributed by atoms with van der Waals surface area (Å²) in [7, 11) is 1.62. The SMILES string of the molecule is CN(CC(=O)N1CCOCC1)C(=O)c1cc(C(C)(C)C)[nH]n1. The molecule has 0 aliphatic carbocycles. The second-order valence-electron chi connectivity index (χ2n) is 6.57. The number of likely N-dealkylation sites (N-methyl/N-ethyl adjacent to an activating group) is 1. The van der Waals surface area contributed by atoms with Crippen LogP contribution in [0.2, 0.25) is 0 Å². The first kappa shape index (κ1) is 16.5. The number of hydrogen-bond donors (Lipinski definition) is 1. The Hall–Kier alpha value is -1.89. The van der Waals surface area contributed by atoms with E-state index in [0.717, 1.165) is 5.69 Å². The fourth-order valence-corrected chi connectivity index (χ4v) is 2.20. The van der Waals surface area contributed by atoms with Crippen molar-refractivity contribution >= 4 is 11.8 Å². The molecule has 0 saturated carbocycles. The minimum absolute atomic E-state index is 0.0521. The molecule has 2 rings (SSSR count). The first-order chi connectivity index (χ1) is 10.3. The maximum atomic E-state index is 12.4. The van der Waals surface area contributed by atoms with Crippen molar-refractivity contribution in [3.05, 3.63) is 17.5 Å². The normalized spacial score (nSPS) is 15.7. The van der Waals surface area contributed by atoms with Gasteiger partial charge >= 0.3 is 0 Å². The van der Waals surface area contributed by atoms with Gasteiger partial charge < -0.3 is 14.5 Å². The minimum atomic E-state index is -0.256. The van der Waals surface area contributed by atoms with Gasteiger partial charge in [0.25, 0.3) is 5.91 Å². The predicted octanol–water partition coefficient (Wildman–Crippen LogP) is 0.638. The number of aromatic amines is 1. The van der Waals surface area contributed by atoms with Crippen molar-refractivity contribution < 1.29 is 14.3 Å². The summed E-state index contributed by atoms with van der Waals surface area (Å²) in [6, 6.07) is 1.75. The second kappa shape index (κ2) is 6.48. The van der Waals surface area contributed by atoms with E-state index in [1.807, 2.05) is 20.8 Å². The molecule has 2 amide bonds. The van der Waals surface area contributed by atoms with Crippen LogP contribution in [0.15, 0.2) is 6.07 Å². The fraction of sp³-hybridized carbons (Fsp3) is 0.667. The van der Waals surface area contributed by atoms with Crippen molar-refractivity contribution in [1.82, 2.24) is 20.0 Å². The Morgan fingerprint density at radius 1 is 1.36 bits per heavy atom. The molecule has 0 unspecified atom stereocenters. The Balaban J connectivity index is 1.96. The number of ether oxygens (including phenoxy) is 1. The summed E-state index contributed by atoms with van der Waals surface area (Å²) in [6.45, 7) is 8.45. The van der Waals surface area contributed by atoms with Gasteiger partial charge in [0.15, 0.2) is 0 Å². The smallest absolute Gasteiger partial charge is 0.274 e. The van der Waals surface area contributed by atoms with Gasteiger partial charge in [-0.1, -0.05) is 20.8 Å². The van der Waals surface area contributed by atoms with Gasteiger partial charge in [-0.3, -0.25) is 14.7 Å². The van der Waals surface area contributed by atoms with E-state index in [2.05, 4.69) is 10.2 Å². The molecule has 1 saturated heterocycles. The maximum absolute atomic E-state index is 12.4. The number of hydrogen-bond acceptors (Lipinski definition) is 4. The van der Waals surface area contributed by atoms with Crippen LogP contribution in [0.4, 0.5) is 0 Å². The lowest BCUT2D eigenvalue weighted by Gasteiger charge is -2.28. The Kier molecular flexibility index (Phi) is 4.85. The van der Waals surface area contributed by atoms with Crippen LogP contribution in [0.3, 0.4) is 0 Å². The molecule has 1 aromatic heterocycles. The molecule has 1 aliphatic rings. The predicted molar refractivity (Wildman–Crippen MR) is 81.6 cm³/mol.